The summed E-state index contributed by atoms with van der Waals surface area (Å²) in [6.45, 7) is 2.60. The number of hydrogen-bond donors (Lipinski definition) is 2. The summed E-state index contributed by atoms with van der Waals surface area (Å²) in [4.78, 5) is 11.8. The van der Waals surface area contributed by atoms with Crippen molar-refractivity contribution < 1.29 is 9.53 Å². The normalized spacial score (nSPS) is 10.2. The van der Waals surface area contributed by atoms with Crippen LogP contribution in [0.15, 0.2) is 42.5 Å². The topological polar surface area (TPSA) is 64.3 Å². The number of anilines is 2. The fraction of sp³-hybridized carbons (Fsp3) is 0.188. The predicted octanol–water partition coefficient (Wildman–Crippen LogP) is 3.71. The van der Waals surface area contributed by atoms with Crippen molar-refractivity contribution in [3.8, 4) is 0 Å². The van der Waals surface area contributed by atoms with Gasteiger partial charge < -0.3 is 15.8 Å². The van der Waals surface area contributed by atoms with Gasteiger partial charge in [0.25, 0.3) is 0 Å². The number of hydrogen-bond acceptors (Lipinski definition) is 4. The van der Waals surface area contributed by atoms with E-state index in [2.05, 4.69) is 5.32 Å². The van der Waals surface area contributed by atoms with Gasteiger partial charge >= 0.3 is 5.97 Å². The summed E-state index contributed by atoms with van der Waals surface area (Å²) in [5, 5.41) is 3.88. The lowest BCUT2D eigenvalue weighted by Gasteiger charge is -2.13. The highest BCUT2D eigenvalue weighted by molar-refractivity contribution is 6.31. The lowest BCUT2D eigenvalue weighted by molar-refractivity contribution is 0.0527. The van der Waals surface area contributed by atoms with Gasteiger partial charge in [0.2, 0.25) is 0 Å². The molecule has 3 N–H and O–H groups in total. The highest BCUT2D eigenvalue weighted by atomic mass is 35.5. The van der Waals surface area contributed by atoms with Crippen LogP contribution in [0, 0.1) is 0 Å². The number of nitrogens with one attached hydrogen (secondary N) is 1. The zero-order valence-corrected chi connectivity index (χ0v) is 12.5. The van der Waals surface area contributed by atoms with Gasteiger partial charge in [-0.2, -0.15) is 0 Å². The van der Waals surface area contributed by atoms with Crippen LogP contribution in [0.4, 0.5) is 11.4 Å². The Labute approximate surface area is 128 Å². The first-order valence-corrected chi connectivity index (χ1v) is 7.04. The Hall–Kier alpha value is -2.20. The molecule has 0 saturated heterocycles. The van der Waals surface area contributed by atoms with Gasteiger partial charge in [0.15, 0.2) is 0 Å². The summed E-state index contributed by atoms with van der Waals surface area (Å²) in [6.07, 6.45) is 0. The van der Waals surface area contributed by atoms with E-state index in [0.29, 0.717) is 35.1 Å². The summed E-state index contributed by atoms with van der Waals surface area (Å²) >= 11 is 6.11. The van der Waals surface area contributed by atoms with Crippen LogP contribution in [0.5, 0.6) is 0 Å². The number of ether oxygens (including phenoxy) is 1. The molecular formula is C16H17ClN2O2. The minimum absolute atomic E-state index is 0.315. The van der Waals surface area contributed by atoms with E-state index in [1.165, 1.54) is 0 Å². The molecule has 0 aliphatic carbocycles. The highest BCUT2D eigenvalue weighted by Crippen LogP contribution is 2.25. The van der Waals surface area contributed by atoms with Crippen LogP contribution in [-0.4, -0.2) is 12.6 Å². The van der Waals surface area contributed by atoms with Crippen LogP contribution in [0.1, 0.15) is 22.8 Å². The molecule has 110 valence electrons. The molecule has 0 aliphatic rings. The molecule has 0 fully saturated rings. The molecule has 4 nitrogen and oxygen atoms in total. The highest BCUT2D eigenvalue weighted by Gasteiger charge is 2.13. The SMILES string of the molecule is CCOC(=O)c1cccc(NCc2ccccc2Cl)c1N. The van der Waals surface area contributed by atoms with Gasteiger partial charge in [-0.15, -0.1) is 0 Å². The van der Waals surface area contributed by atoms with Crippen molar-refractivity contribution in [1.29, 1.82) is 0 Å². The van der Waals surface area contributed by atoms with E-state index < -0.39 is 5.97 Å². The first kappa shape index (κ1) is 15.2. The molecule has 2 rings (SSSR count). The fourth-order valence-electron chi connectivity index (χ4n) is 1.94. The van der Waals surface area contributed by atoms with Gasteiger partial charge in [-0.25, -0.2) is 4.79 Å². The Morgan fingerprint density at radius 3 is 2.71 bits per heavy atom. The summed E-state index contributed by atoms with van der Waals surface area (Å²) in [7, 11) is 0. The standard InChI is InChI=1S/C16H17ClN2O2/c1-2-21-16(20)12-7-5-9-14(15(12)18)19-10-11-6-3-4-8-13(11)17/h3-9,19H,2,10,18H2,1H3. The van der Waals surface area contributed by atoms with Gasteiger partial charge in [0.05, 0.1) is 23.5 Å². The van der Waals surface area contributed by atoms with Crippen molar-refractivity contribution in [1.82, 2.24) is 0 Å². The van der Waals surface area contributed by atoms with Crippen LogP contribution >= 0.6 is 11.6 Å². The molecule has 0 aromatic heterocycles. The van der Waals surface area contributed by atoms with Crippen molar-refractivity contribution in [3.05, 3.63) is 58.6 Å². The number of nitrogen functional groups attached to an aromatic ring is 1. The average Bonchev–Trinajstić information content (AvgIpc) is 2.48. The van der Waals surface area contributed by atoms with Crippen molar-refractivity contribution >= 4 is 28.9 Å². The Kier molecular flexibility index (Phi) is 5.06. The third-order valence-corrected chi connectivity index (χ3v) is 3.40. The van der Waals surface area contributed by atoms with Crippen molar-refractivity contribution in [3.63, 3.8) is 0 Å². The fourth-order valence-corrected chi connectivity index (χ4v) is 2.14. The molecule has 0 amide bonds. The van der Waals surface area contributed by atoms with Crippen molar-refractivity contribution in [2.45, 2.75) is 13.5 Å². The first-order chi connectivity index (χ1) is 10.1. The zero-order valence-electron chi connectivity index (χ0n) is 11.7. The van der Waals surface area contributed by atoms with E-state index >= 15 is 0 Å². The number of halogens is 1. The van der Waals surface area contributed by atoms with Gasteiger partial charge in [-0.1, -0.05) is 35.9 Å². The number of carbonyl (C=O) groups excluding carboxylic acids is 1. The molecule has 0 spiro atoms. The molecule has 0 aliphatic heterocycles. The monoisotopic (exact) mass is 304 g/mol. The predicted molar refractivity (Wildman–Crippen MR) is 85.6 cm³/mol. The van der Waals surface area contributed by atoms with E-state index in [9.17, 15) is 4.79 Å². The van der Waals surface area contributed by atoms with E-state index in [1.807, 2.05) is 30.3 Å². The van der Waals surface area contributed by atoms with Gasteiger partial charge in [0.1, 0.15) is 0 Å². The second kappa shape index (κ2) is 6.99. The van der Waals surface area contributed by atoms with Gasteiger partial charge in [-0.3, -0.25) is 0 Å². The van der Waals surface area contributed by atoms with Crippen LogP contribution in [0.25, 0.3) is 0 Å². The third-order valence-electron chi connectivity index (χ3n) is 3.03. The van der Waals surface area contributed by atoms with Crippen molar-refractivity contribution in [2.24, 2.45) is 0 Å². The maximum Gasteiger partial charge on any atom is 0.340 e. The molecule has 0 heterocycles. The van der Waals surface area contributed by atoms with Crippen LogP contribution in [0.2, 0.25) is 5.02 Å². The molecular weight excluding hydrogens is 288 g/mol. The van der Waals surface area contributed by atoms with Gasteiger partial charge in [-0.05, 0) is 30.7 Å². The summed E-state index contributed by atoms with van der Waals surface area (Å²) in [5.74, 6) is -0.420. The number of nitrogens with two attached hydrogens (primary N) is 1. The number of para-hydroxylation sites is 1. The molecule has 0 bridgehead atoms. The molecule has 0 unspecified atom stereocenters. The number of benzene rings is 2. The Morgan fingerprint density at radius 1 is 1.24 bits per heavy atom. The summed E-state index contributed by atoms with van der Waals surface area (Å²) in [5.41, 5.74) is 8.40. The lowest BCUT2D eigenvalue weighted by atomic mass is 10.1. The molecule has 2 aromatic carbocycles. The molecule has 5 heteroatoms. The average molecular weight is 305 g/mol. The Balaban J connectivity index is 2.16. The quantitative estimate of drug-likeness (QED) is 0.653. The molecule has 2 aromatic rings. The molecule has 0 radical (unpaired) electrons. The van der Waals surface area contributed by atoms with Crippen LogP contribution in [0.3, 0.4) is 0 Å². The van der Waals surface area contributed by atoms with Crippen molar-refractivity contribution in [2.75, 3.05) is 17.7 Å². The van der Waals surface area contributed by atoms with E-state index in [1.54, 1.807) is 19.1 Å². The number of carbonyl (C=O) groups is 1. The first-order valence-electron chi connectivity index (χ1n) is 6.66. The second-order valence-corrected chi connectivity index (χ2v) is 4.84. The number of rotatable bonds is 5. The minimum Gasteiger partial charge on any atom is -0.462 e. The smallest absolute Gasteiger partial charge is 0.340 e. The van der Waals surface area contributed by atoms with E-state index in [4.69, 9.17) is 22.1 Å². The molecule has 0 saturated carbocycles. The third kappa shape index (κ3) is 3.67. The van der Waals surface area contributed by atoms with Gasteiger partial charge in [0, 0.05) is 11.6 Å². The zero-order chi connectivity index (χ0) is 15.2. The maximum atomic E-state index is 11.8. The maximum absolute atomic E-state index is 11.8. The Bertz CT molecular complexity index is 644. The van der Waals surface area contributed by atoms with Crippen LogP contribution < -0.4 is 11.1 Å². The number of esters is 1. The Morgan fingerprint density at radius 2 is 2.00 bits per heavy atom. The minimum atomic E-state index is -0.420. The lowest BCUT2D eigenvalue weighted by Crippen LogP contribution is -2.10. The summed E-state index contributed by atoms with van der Waals surface area (Å²) < 4.78 is 4.98. The van der Waals surface area contributed by atoms with E-state index in [-0.39, 0.29) is 0 Å². The molecule has 21 heavy (non-hydrogen) atoms. The van der Waals surface area contributed by atoms with E-state index in [0.717, 1.165) is 5.56 Å². The second-order valence-electron chi connectivity index (χ2n) is 4.43. The molecule has 0 atom stereocenters. The largest absolute Gasteiger partial charge is 0.462 e. The summed E-state index contributed by atoms with van der Waals surface area (Å²) in [6, 6.07) is 12.8. The van der Waals surface area contributed by atoms with Crippen LogP contribution in [-0.2, 0) is 11.3 Å².